The first-order chi connectivity index (χ1) is 17.7. The topological polar surface area (TPSA) is 115 Å². The number of halogens is 3. The molecule has 0 saturated carbocycles. The normalized spacial score (nSPS) is 10.9. The molecule has 0 fully saturated rings. The number of hydrogen-bond donors (Lipinski definition) is 2. The number of aromatic nitrogens is 2. The number of rotatable bonds is 8. The van der Waals surface area contributed by atoms with Crippen molar-refractivity contribution in [3.8, 4) is 35.2 Å². The van der Waals surface area contributed by atoms with Gasteiger partial charge in [0.2, 0.25) is 0 Å². The summed E-state index contributed by atoms with van der Waals surface area (Å²) >= 11 is 0. The minimum absolute atomic E-state index is 0.0528. The second-order valence-electron chi connectivity index (χ2n) is 7.65. The third-order valence-corrected chi connectivity index (χ3v) is 5.04. The summed E-state index contributed by atoms with van der Waals surface area (Å²) in [7, 11) is 1.45. The number of benzene rings is 3. The van der Waals surface area contributed by atoms with Crippen molar-refractivity contribution in [1.29, 1.82) is 5.26 Å². The Bertz CT molecular complexity index is 1420. The lowest BCUT2D eigenvalue weighted by Crippen LogP contribution is -2.08. The maximum absolute atomic E-state index is 12.9. The van der Waals surface area contributed by atoms with Crippen LogP contribution in [0.15, 0.2) is 72.8 Å². The van der Waals surface area contributed by atoms with Gasteiger partial charge in [0.25, 0.3) is 5.88 Å². The maximum atomic E-state index is 12.9. The highest BCUT2D eigenvalue weighted by molar-refractivity contribution is 5.68. The van der Waals surface area contributed by atoms with Crippen LogP contribution in [0.25, 0.3) is 0 Å². The van der Waals surface area contributed by atoms with Crippen LogP contribution < -0.4 is 25.3 Å². The van der Waals surface area contributed by atoms with Crippen molar-refractivity contribution in [2.45, 2.75) is 12.7 Å². The summed E-state index contributed by atoms with van der Waals surface area (Å²) in [5, 5.41) is 12.4. The van der Waals surface area contributed by atoms with E-state index in [0.717, 1.165) is 29.8 Å². The van der Waals surface area contributed by atoms with Crippen LogP contribution in [0.2, 0.25) is 0 Å². The predicted octanol–water partition coefficient (Wildman–Crippen LogP) is 6.15. The third-order valence-electron chi connectivity index (χ3n) is 5.04. The highest BCUT2D eigenvalue weighted by atomic mass is 19.4. The Labute approximate surface area is 210 Å². The van der Waals surface area contributed by atoms with Gasteiger partial charge in [-0.25, -0.2) is 0 Å². The van der Waals surface area contributed by atoms with Crippen molar-refractivity contribution in [3.05, 3.63) is 89.5 Å². The first kappa shape index (κ1) is 25.1. The molecule has 11 heteroatoms. The summed E-state index contributed by atoms with van der Waals surface area (Å²) in [6.45, 7) is 0.360. The Morgan fingerprint density at radius 3 is 2.27 bits per heavy atom. The van der Waals surface area contributed by atoms with Gasteiger partial charge in [0, 0.05) is 12.6 Å². The van der Waals surface area contributed by atoms with Crippen LogP contribution in [0.3, 0.4) is 0 Å². The van der Waals surface area contributed by atoms with E-state index in [0.29, 0.717) is 12.3 Å². The van der Waals surface area contributed by atoms with Crippen LogP contribution in [0, 0.1) is 11.3 Å². The lowest BCUT2D eigenvalue weighted by Gasteiger charge is -2.15. The average molecular weight is 507 g/mol. The summed E-state index contributed by atoms with van der Waals surface area (Å²) in [6.07, 6.45) is -4.48. The number of nitriles is 1. The second-order valence-corrected chi connectivity index (χ2v) is 7.65. The van der Waals surface area contributed by atoms with Crippen molar-refractivity contribution >= 4 is 11.5 Å². The Kier molecular flexibility index (Phi) is 7.29. The van der Waals surface area contributed by atoms with Crippen molar-refractivity contribution in [2.75, 3.05) is 18.2 Å². The van der Waals surface area contributed by atoms with Gasteiger partial charge in [-0.1, -0.05) is 30.3 Å². The zero-order valence-electron chi connectivity index (χ0n) is 19.4. The summed E-state index contributed by atoms with van der Waals surface area (Å²) in [6, 6.07) is 19.9. The van der Waals surface area contributed by atoms with Crippen LogP contribution in [0.1, 0.15) is 16.7 Å². The molecule has 1 heterocycles. The van der Waals surface area contributed by atoms with Gasteiger partial charge in [0.05, 0.1) is 24.3 Å². The Hall–Kier alpha value is -4.98. The molecule has 0 aliphatic heterocycles. The SMILES string of the molecule is COc1cc(C#N)cc(Oc2nc(Oc3ccc(C(F)(F)F)cc3)nc(NCc3ccccc3)c2N)c1. The minimum atomic E-state index is -4.48. The number of nitrogens with zero attached hydrogens (tertiary/aromatic N) is 3. The van der Waals surface area contributed by atoms with Crippen molar-refractivity contribution in [3.63, 3.8) is 0 Å². The number of nitrogen functional groups attached to an aromatic ring is 1. The number of hydrogen-bond acceptors (Lipinski definition) is 8. The van der Waals surface area contributed by atoms with E-state index >= 15 is 0 Å². The highest BCUT2D eigenvalue weighted by Crippen LogP contribution is 2.36. The molecule has 3 aromatic carbocycles. The smallest absolute Gasteiger partial charge is 0.416 e. The van der Waals surface area contributed by atoms with Crippen molar-refractivity contribution < 1.29 is 27.4 Å². The number of ether oxygens (including phenoxy) is 3. The van der Waals surface area contributed by atoms with E-state index in [4.69, 9.17) is 19.9 Å². The first-order valence-electron chi connectivity index (χ1n) is 10.8. The molecule has 4 aromatic rings. The molecule has 0 bridgehead atoms. The molecule has 0 aliphatic carbocycles. The van der Waals surface area contributed by atoms with Crippen LogP contribution in [0.4, 0.5) is 24.7 Å². The fraction of sp³-hybridized carbons (Fsp3) is 0.115. The van der Waals surface area contributed by atoms with Gasteiger partial charge in [-0.3, -0.25) is 0 Å². The summed E-state index contributed by atoms with van der Waals surface area (Å²) in [4.78, 5) is 8.47. The minimum Gasteiger partial charge on any atom is -0.497 e. The van der Waals surface area contributed by atoms with E-state index in [1.807, 2.05) is 36.4 Å². The molecular formula is C26H20F3N5O3. The maximum Gasteiger partial charge on any atom is 0.416 e. The van der Waals surface area contributed by atoms with Gasteiger partial charge >= 0.3 is 12.2 Å². The average Bonchev–Trinajstić information content (AvgIpc) is 2.89. The van der Waals surface area contributed by atoms with Gasteiger partial charge in [-0.15, -0.1) is 0 Å². The Morgan fingerprint density at radius 2 is 1.62 bits per heavy atom. The van der Waals surface area contributed by atoms with E-state index in [2.05, 4.69) is 15.3 Å². The summed E-state index contributed by atoms with van der Waals surface area (Å²) in [5.41, 5.74) is 6.74. The molecule has 0 saturated heterocycles. The number of nitrogens with one attached hydrogen (secondary N) is 1. The molecule has 0 radical (unpaired) electrons. The zero-order valence-corrected chi connectivity index (χ0v) is 19.4. The molecular weight excluding hydrogens is 487 g/mol. The molecule has 0 unspecified atom stereocenters. The van der Waals surface area contributed by atoms with Gasteiger partial charge < -0.3 is 25.3 Å². The number of methoxy groups -OCH3 is 1. The number of alkyl halides is 3. The van der Waals surface area contributed by atoms with E-state index in [1.54, 1.807) is 0 Å². The third kappa shape index (κ3) is 6.37. The molecule has 0 aliphatic rings. The van der Waals surface area contributed by atoms with E-state index in [-0.39, 0.29) is 40.5 Å². The summed E-state index contributed by atoms with van der Waals surface area (Å²) < 4.78 is 55.4. The quantitative estimate of drug-likeness (QED) is 0.292. The van der Waals surface area contributed by atoms with E-state index in [9.17, 15) is 18.4 Å². The fourth-order valence-electron chi connectivity index (χ4n) is 3.21. The van der Waals surface area contributed by atoms with Gasteiger partial charge in [-0.05, 0) is 42.0 Å². The molecule has 0 spiro atoms. The molecule has 1 aromatic heterocycles. The molecule has 4 rings (SSSR count). The van der Waals surface area contributed by atoms with Gasteiger partial charge in [-0.2, -0.15) is 28.4 Å². The Morgan fingerprint density at radius 1 is 0.919 bits per heavy atom. The molecule has 188 valence electrons. The van der Waals surface area contributed by atoms with Crippen molar-refractivity contribution in [1.82, 2.24) is 9.97 Å². The number of nitrogens with two attached hydrogens (primary N) is 1. The monoisotopic (exact) mass is 507 g/mol. The van der Waals surface area contributed by atoms with Crippen LogP contribution in [-0.2, 0) is 12.7 Å². The standard InChI is InChI=1S/C26H20F3N5O3/c1-35-20-11-17(14-30)12-21(13-20)36-24-22(31)23(32-15-16-5-3-2-4-6-16)33-25(34-24)37-19-9-7-18(8-10-19)26(27,28)29/h2-13H,15,31H2,1H3,(H,32,33,34). The molecule has 8 nitrogen and oxygen atoms in total. The van der Waals surface area contributed by atoms with E-state index < -0.39 is 11.7 Å². The van der Waals surface area contributed by atoms with Crippen LogP contribution in [-0.4, -0.2) is 17.1 Å². The van der Waals surface area contributed by atoms with E-state index in [1.165, 1.54) is 25.3 Å². The zero-order chi connectivity index (χ0) is 26.4. The predicted molar refractivity (Wildman–Crippen MR) is 130 cm³/mol. The number of anilines is 2. The highest BCUT2D eigenvalue weighted by Gasteiger charge is 2.30. The Balaban J connectivity index is 1.67. The second kappa shape index (κ2) is 10.7. The van der Waals surface area contributed by atoms with Crippen LogP contribution >= 0.6 is 0 Å². The van der Waals surface area contributed by atoms with Gasteiger partial charge in [0.1, 0.15) is 22.9 Å². The summed E-state index contributed by atoms with van der Waals surface area (Å²) in [5.74, 6) is 0.760. The molecule has 0 atom stereocenters. The van der Waals surface area contributed by atoms with Crippen molar-refractivity contribution in [2.24, 2.45) is 0 Å². The van der Waals surface area contributed by atoms with Crippen LogP contribution in [0.5, 0.6) is 29.1 Å². The molecule has 3 N–H and O–H groups in total. The lowest BCUT2D eigenvalue weighted by atomic mass is 10.2. The first-order valence-corrected chi connectivity index (χ1v) is 10.8. The molecule has 37 heavy (non-hydrogen) atoms. The molecule has 0 amide bonds. The van der Waals surface area contributed by atoms with Gasteiger partial charge in [0.15, 0.2) is 5.82 Å². The lowest BCUT2D eigenvalue weighted by molar-refractivity contribution is -0.137. The fourth-order valence-corrected chi connectivity index (χ4v) is 3.21. The largest absolute Gasteiger partial charge is 0.497 e.